The molecule has 1 amide bonds. The number of carbonyl (C=O) groups is 1. The van der Waals surface area contributed by atoms with E-state index in [2.05, 4.69) is 16.4 Å². The van der Waals surface area contributed by atoms with Crippen LogP contribution in [0.3, 0.4) is 0 Å². The van der Waals surface area contributed by atoms with Gasteiger partial charge in [0.25, 0.3) is 0 Å². The van der Waals surface area contributed by atoms with Gasteiger partial charge in [-0.05, 0) is 43.7 Å². The largest absolute Gasteiger partial charge is 0.431 e. The summed E-state index contributed by atoms with van der Waals surface area (Å²) in [5.74, 6) is -1.89. The van der Waals surface area contributed by atoms with Crippen LogP contribution >= 0.6 is 11.3 Å². The van der Waals surface area contributed by atoms with E-state index in [1.807, 2.05) is 0 Å². The highest BCUT2D eigenvalue weighted by Gasteiger charge is 2.38. The van der Waals surface area contributed by atoms with Crippen LogP contribution in [0.4, 0.5) is 17.6 Å². The first-order chi connectivity index (χ1) is 17.5. The van der Waals surface area contributed by atoms with Crippen molar-refractivity contribution >= 4 is 29.0 Å². The quantitative estimate of drug-likeness (QED) is 0.308. The highest BCUT2D eigenvalue weighted by Crippen LogP contribution is 2.44. The maximum atomic E-state index is 15.4. The van der Waals surface area contributed by atoms with Crippen LogP contribution in [0.15, 0.2) is 41.0 Å². The summed E-state index contributed by atoms with van der Waals surface area (Å²) < 4.78 is 56.5. The second-order valence-electron chi connectivity index (χ2n) is 8.39. The Morgan fingerprint density at radius 1 is 1.41 bits per heavy atom. The Kier molecular flexibility index (Phi) is 8.89. The highest BCUT2D eigenvalue weighted by molar-refractivity contribution is 7.12. The number of halogens is 4. The molecule has 0 saturated carbocycles. The molecule has 0 fully saturated rings. The van der Waals surface area contributed by atoms with Crippen LogP contribution in [-0.4, -0.2) is 49.9 Å². The molecule has 1 aromatic carbocycles. The number of benzene rings is 1. The maximum Gasteiger partial charge on any atom is 0.431 e. The number of likely N-dealkylation sites (N-methyl/N-ethyl adjacent to an activating group) is 1. The molecule has 3 N–H and O–H groups in total. The van der Waals surface area contributed by atoms with Gasteiger partial charge in [0, 0.05) is 53.9 Å². The minimum absolute atomic E-state index is 0.0821. The van der Waals surface area contributed by atoms with Crippen molar-refractivity contribution in [1.82, 2.24) is 10.2 Å². The number of hydrogen-bond donors (Lipinski definition) is 2. The Morgan fingerprint density at radius 3 is 2.76 bits per heavy atom. The third-order valence-electron chi connectivity index (χ3n) is 6.04. The zero-order chi connectivity index (χ0) is 27.3. The summed E-state index contributed by atoms with van der Waals surface area (Å²) >= 11 is 1.22. The van der Waals surface area contributed by atoms with E-state index in [1.165, 1.54) is 29.5 Å². The van der Waals surface area contributed by atoms with Crippen molar-refractivity contribution in [2.45, 2.75) is 32.5 Å². The SMILES string of the molecule is CCN=CC(=C(N)C(F)(F)F)c1c(F)cccc1[C@@H]1CN(C(=O)/C=C/CNC)Cc2sc(C#N)c(C)c21. The van der Waals surface area contributed by atoms with Gasteiger partial charge in [-0.3, -0.25) is 9.79 Å². The van der Waals surface area contributed by atoms with Crippen molar-refractivity contribution in [3.8, 4) is 6.07 Å². The average molecular weight is 534 g/mol. The lowest BCUT2D eigenvalue weighted by molar-refractivity contribution is -0.127. The lowest BCUT2D eigenvalue weighted by atomic mass is 9.81. The minimum Gasteiger partial charge on any atom is -0.394 e. The van der Waals surface area contributed by atoms with E-state index in [0.29, 0.717) is 22.5 Å². The van der Waals surface area contributed by atoms with E-state index in [0.717, 1.165) is 17.2 Å². The van der Waals surface area contributed by atoms with Crippen LogP contribution in [0.2, 0.25) is 0 Å². The summed E-state index contributed by atoms with van der Waals surface area (Å²) in [6.45, 7) is 4.35. The number of rotatable bonds is 7. The molecular weight excluding hydrogens is 506 g/mol. The van der Waals surface area contributed by atoms with Gasteiger partial charge in [0.2, 0.25) is 5.91 Å². The third kappa shape index (κ3) is 5.92. The van der Waals surface area contributed by atoms with E-state index >= 15 is 4.39 Å². The van der Waals surface area contributed by atoms with E-state index < -0.39 is 29.2 Å². The minimum atomic E-state index is -4.92. The molecular formula is C26H27F4N5OS. The lowest BCUT2D eigenvalue weighted by Gasteiger charge is -2.34. The van der Waals surface area contributed by atoms with Crippen LogP contribution in [-0.2, 0) is 11.3 Å². The van der Waals surface area contributed by atoms with Crippen molar-refractivity contribution < 1.29 is 22.4 Å². The van der Waals surface area contributed by atoms with E-state index in [9.17, 15) is 23.2 Å². The predicted molar refractivity (Wildman–Crippen MR) is 137 cm³/mol. The number of nitrogens with two attached hydrogens (primary N) is 1. The van der Waals surface area contributed by atoms with Gasteiger partial charge in [-0.2, -0.15) is 18.4 Å². The number of fused-ring (bicyclic) bond motifs is 1. The third-order valence-corrected chi connectivity index (χ3v) is 7.24. The van der Waals surface area contributed by atoms with E-state index in [1.54, 1.807) is 31.9 Å². The van der Waals surface area contributed by atoms with Gasteiger partial charge >= 0.3 is 6.18 Å². The number of carbonyl (C=O) groups excluding carboxylic acids is 1. The number of amides is 1. The first-order valence-corrected chi connectivity index (χ1v) is 12.3. The van der Waals surface area contributed by atoms with Crippen molar-refractivity contribution in [3.05, 3.63) is 73.9 Å². The second-order valence-corrected chi connectivity index (χ2v) is 9.50. The number of hydrogen-bond acceptors (Lipinski definition) is 6. The van der Waals surface area contributed by atoms with Gasteiger partial charge in [0.05, 0.1) is 6.54 Å². The molecule has 0 unspecified atom stereocenters. The number of nitrogens with one attached hydrogen (secondary N) is 1. The number of alkyl halides is 3. The fourth-order valence-electron chi connectivity index (χ4n) is 4.34. The zero-order valence-electron chi connectivity index (χ0n) is 20.6. The van der Waals surface area contributed by atoms with Gasteiger partial charge in [0.15, 0.2) is 0 Å². The molecule has 37 heavy (non-hydrogen) atoms. The van der Waals surface area contributed by atoms with Gasteiger partial charge < -0.3 is 16.0 Å². The standard InChI is InChI=1S/C26H27F4N5OS/c1-4-34-12-17(25(32)26(28,29)30)24-16(7-5-8-19(24)27)18-13-35(22(36)9-6-10-33-3)14-21-23(18)15(2)20(11-31)37-21/h5-9,12,18,33H,4,10,13-14,32H2,1-3H3/b9-6+,25-17?,34-12?/t18-/m0/s1. The molecule has 11 heteroatoms. The van der Waals surface area contributed by atoms with E-state index in [4.69, 9.17) is 5.73 Å². The van der Waals surface area contributed by atoms with Gasteiger partial charge in [-0.15, -0.1) is 11.3 Å². The molecule has 0 saturated heterocycles. The number of thiophene rings is 1. The van der Waals surface area contributed by atoms with Crippen molar-refractivity contribution in [2.75, 3.05) is 26.7 Å². The maximum absolute atomic E-state index is 15.4. The second kappa shape index (κ2) is 11.7. The van der Waals surface area contributed by atoms with Crippen LogP contribution in [0, 0.1) is 24.1 Å². The molecule has 0 bridgehead atoms. The zero-order valence-corrected chi connectivity index (χ0v) is 21.4. The Labute approximate surface area is 216 Å². The number of allylic oxidation sites excluding steroid dienone is 2. The normalized spacial score (nSPS) is 16.7. The van der Waals surface area contributed by atoms with Crippen molar-refractivity contribution in [1.29, 1.82) is 5.26 Å². The number of aliphatic imine (C=N–C) groups is 1. The Balaban J connectivity index is 2.28. The summed E-state index contributed by atoms with van der Waals surface area (Å²) in [5.41, 5.74) is 4.75. The van der Waals surface area contributed by atoms with Crippen LogP contribution in [0.25, 0.3) is 5.57 Å². The van der Waals surface area contributed by atoms with Gasteiger partial charge in [0.1, 0.15) is 22.5 Å². The highest BCUT2D eigenvalue weighted by atomic mass is 32.1. The Hall–Kier alpha value is -3.49. The van der Waals surface area contributed by atoms with Gasteiger partial charge in [-0.1, -0.05) is 18.2 Å². The molecule has 1 atom stereocenters. The van der Waals surface area contributed by atoms with Crippen molar-refractivity contribution in [3.63, 3.8) is 0 Å². The molecule has 196 valence electrons. The first kappa shape index (κ1) is 28.1. The van der Waals surface area contributed by atoms with Crippen LogP contribution in [0.5, 0.6) is 0 Å². The molecule has 0 spiro atoms. The number of nitrogens with zero attached hydrogens (tertiary/aromatic N) is 3. The molecule has 2 heterocycles. The summed E-state index contributed by atoms with van der Waals surface area (Å²) in [6.07, 6.45) is -0.900. The smallest absolute Gasteiger partial charge is 0.394 e. The Morgan fingerprint density at radius 2 is 2.14 bits per heavy atom. The fourth-order valence-corrected chi connectivity index (χ4v) is 5.52. The monoisotopic (exact) mass is 533 g/mol. The Bertz CT molecular complexity index is 1300. The lowest BCUT2D eigenvalue weighted by Crippen LogP contribution is -2.37. The summed E-state index contributed by atoms with van der Waals surface area (Å²) in [4.78, 5) is 19.6. The van der Waals surface area contributed by atoms with Crippen LogP contribution in [0.1, 0.15) is 44.8 Å². The fraction of sp³-hybridized carbons (Fsp3) is 0.346. The number of nitriles is 1. The molecule has 2 aromatic rings. The molecule has 1 aliphatic rings. The summed E-state index contributed by atoms with van der Waals surface area (Å²) in [5, 5.41) is 12.5. The molecule has 0 aliphatic carbocycles. The molecule has 6 nitrogen and oxygen atoms in total. The summed E-state index contributed by atoms with van der Waals surface area (Å²) in [7, 11) is 1.74. The first-order valence-electron chi connectivity index (χ1n) is 11.5. The predicted octanol–water partition coefficient (Wildman–Crippen LogP) is 4.64. The molecule has 0 radical (unpaired) electrons. The average Bonchev–Trinajstić information content (AvgIpc) is 3.19. The molecule has 3 rings (SSSR count). The summed E-state index contributed by atoms with van der Waals surface area (Å²) in [6, 6.07) is 6.15. The van der Waals surface area contributed by atoms with Crippen LogP contribution < -0.4 is 11.1 Å². The van der Waals surface area contributed by atoms with Gasteiger partial charge in [-0.25, -0.2) is 4.39 Å². The van der Waals surface area contributed by atoms with Crippen molar-refractivity contribution in [2.24, 2.45) is 10.7 Å². The molecule has 1 aromatic heterocycles. The topological polar surface area (TPSA) is 94.5 Å². The van der Waals surface area contributed by atoms with E-state index in [-0.39, 0.29) is 36.7 Å². The molecule has 1 aliphatic heterocycles.